The van der Waals surface area contributed by atoms with E-state index in [1.807, 2.05) is 60.7 Å². The van der Waals surface area contributed by atoms with Crippen molar-refractivity contribution in [2.24, 2.45) is 50.2 Å². The number of hydrogen-bond acceptors (Lipinski definition) is 7. The molecule has 1 amide bonds. The predicted octanol–water partition coefficient (Wildman–Crippen LogP) is 10.8. The van der Waals surface area contributed by atoms with Crippen LogP contribution in [0.4, 0.5) is 4.79 Å². The number of carbonyl (C=O) groups is 4. The molecule has 0 unspecified atom stereocenters. The monoisotopic (exact) mass is 808 g/mol. The van der Waals surface area contributed by atoms with E-state index >= 15 is 4.79 Å². The highest BCUT2D eigenvalue weighted by Gasteiger charge is 2.70. The van der Waals surface area contributed by atoms with Crippen LogP contribution in [0.5, 0.6) is 0 Å². The van der Waals surface area contributed by atoms with Crippen LogP contribution in [0.15, 0.2) is 72.3 Å². The van der Waals surface area contributed by atoms with Crippen molar-refractivity contribution in [3.63, 3.8) is 0 Å². The first-order valence-corrected chi connectivity index (χ1v) is 22.3. The lowest BCUT2D eigenvalue weighted by molar-refractivity contribution is -0.211. The van der Waals surface area contributed by atoms with E-state index in [-0.39, 0.29) is 70.3 Å². The summed E-state index contributed by atoms with van der Waals surface area (Å²) in [6.45, 7) is 21.7. The SMILES string of the molecule is CC(C)(C)OC(=O)N[C@@H](Cc1ccccc1)C(=O)O[C@H]1CC[C@]2(C)[C@H]3C(=O)C=C4[C@@H]5C[C@@](C)(C(=O)OCc6ccccc6)CC[C@]5(C)CC[C@@]4(C)[C@]3(C)CC[C@H]2C1(C)C. The van der Waals surface area contributed by atoms with Gasteiger partial charge in [0.05, 0.1) is 5.41 Å². The summed E-state index contributed by atoms with van der Waals surface area (Å²) in [5, 5.41) is 2.82. The summed E-state index contributed by atoms with van der Waals surface area (Å²) in [5.74, 6) is -0.285. The van der Waals surface area contributed by atoms with Crippen molar-refractivity contribution in [2.45, 2.75) is 158 Å². The van der Waals surface area contributed by atoms with Crippen LogP contribution in [-0.4, -0.2) is 41.6 Å². The molecule has 2 aromatic carbocycles. The van der Waals surface area contributed by atoms with Crippen molar-refractivity contribution in [3.05, 3.63) is 83.4 Å². The van der Waals surface area contributed by atoms with Crippen molar-refractivity contribution >= 4 is 23.8 Å². The van der Waals surface area contributed by atoms with Gasteiger partial charge in [0.2, 0.25) is 0 Å². The van der Waals surface area contributed by atoms with Crippen LogP contribution in [0.3, 0.4) is 0 Å². The van der Waals surface area contributed by atoms with E-state index in [4.69, 9.17) is 14.2 Å². The molecule has 1 N–H and O–H groups in total. The second-order valence-corrected chi connectivity index (χ2v) is 22.0. The maximum absolute atomic E-state index is 15.1. The van der Waals surface area contributed by atoms with Gasteiger partial charge < -0.3 is 19.5 Å². The Kier molecular flexibility index (Phi) is 11.1. The minimum absolute atomic E-state index is 0.0236. The van der Waals surface area contributed by atoms with Gasteiger partial charge in [0.1, 0.15) is 24.4 Å². The van der Waals surface area contributed by atoms with Gasteiger partial charge >= 0.3 is 18.0 Å². The number of esters is 2. The quantitative estimate of drug-likeness (QED) is 0.209. The Morgan fingerprint density at radius 1 is 0.797 bits per heavy atom. The molecule has 0 aromatic heterocycles. The molecule has 4 fully saturated rings. The molecule has 0 radical (unpaired) electrons. The van der Waals surface area contributed by atoms with E-state index in [0.717, 1.165) is 56.1 Å². The Labute approximate surface area is 353 Å². The van der Waals surface area contributed by atoms with Gasteiger partial charge in [-0.15, -0.1) is 0 Å². The summed E-state index contributed by atoms with van der Waals surface area (Å²) < 4.78 is 18.0. The Balaban J connectivity index is 1.12. The summed E-state index contributed by atoms with van der Waals surface area (Å²) in [5.41, 5.74) is 0.665. The lowest BCUT2D eigenvalue weighted by Gasteiger charge is -2.70. The number of alkyl carbamates (subject to hydrolysis) is 1. The average Bonchev–Trinajstić information content (AvgIpc) is 3.16. The second kappa shape index (κ2) is 15.2. The van der Waals surface area contributed by atoms with Gasteiger partial charge in [-0.25, -0.2) is 9.59 Å². The van der Waals surface area contributed by atoms with E-state index in [1.165, 1.54) is 5.57 Å². The van der Waals surface area contributed by atoms with Crippen molar-refractivity contribution in [3.8, 4) is 0 Å². The predicted molar refractivity (Wildman–Crippen MR) is 229 cm³/mol. The van der Waals surface area contributed by atoms with E-state index in [9.17, 15) is 14.4 Å². The first kappa shape index (κ1) is 43.2. The van der Waals surface area contributed by atoms with Crippen LogP contribution in [0.1, 0.15) is 138 Å². The molecule has 59 heavy (non-hydrogen) atoms. The molecule has 0 aliphatic heterocycles. The van der Waals surface area contributed by atoms with Gasteiger partial charge in [-0.05, 0) is 136 Å². The molecular weight excluding hydrogens is 739 g/mol. The fourth-order valence-electron chi connectivity index (χ4n) is 13.2. The minimum atomic E-state index is -0.918. The molecule has 320 valence electrons. The number of allylic oxidation sites excluding steroid dienone is 2. The number of ether oxygens (including phenoxy) is 3. The molecule has 5 aliphatic carbocycles. The zero-order chi connectivity index (χ0) is 42.8. The number of rotatable bonds is 8. The number of nitrogens with one attached hydrogen (secondary N) is 1. The van der Waals surface area contributed by atoms with Crippen LogP contribution in [0, 0.1) is 50.2 Å². The lowest BCUT2D eigenvalue weighted by Crippen LogP contribution is -2.67. The van der Waals surface area contributed by atoms with Crippen molar-refractivity contribution in [1.29, 1.82) is 0 Å². The average molecular weight is 808 g/mol. The molecule has 7 rings (SSSR count). The molecule has 2 aromatic rings. The maximum Gasteiger partial charge on any atom is 0.408 e. The summed E-state index contributed by atoms with van der Waals surface area (Å²) in [7, 11) is 0. The highest BCUT2D eigenvalue weighted by atomic mass is 16.6. The summed E-state index contributed by atoms with van der Waals surface area (Å²) in [6, 6.07) is 18.6. The van der Waals surface area contributed by atoms with Crippen LogP contribution >= 0.6 is 0 Å². The molecular formula is C51H69NO7. The number of carbonyl (C=O) groups excluding carboxylic acids is 4. The van der Waals surface area contributed by atoms with Crippen molar-refractivity contribution in [1.82, 2.24) is 5.32 Å². The summed E-state index contributed by atoms with van der Waals surface area (Å²) in [6.07, 6.45) is 9.04. The van der Waals surface area contributed by atoms with Crippen LogP contribution < -0.4 is 5.32 Å². The first-order chi connectivity index (χ1) is 27.5. The molecule has 0 spiro atoms. The standard InChI is InChI=1S/C51H69NO7/c1-45(2,3)59-44(56)52-37(29-33-17-13-11-14-18-33)42(54)58-40-22-23-49(8)39(46(40,4)5)21-24-51(10)41(49)38(53)30-35-36-31-48(7,26-25-47(36,6)27-28-50(35,51)9)43(55)57-32-34-19-15-12-16-20-34/h11-20,30,36-37,39-41H,21-29,31-32H2,1-10H3,(H,52,56)/t36-,37-,39-,40-,41+,47+,48-,49-,50+,51+/m0/s1. The fourth-order valence-corrected chi connectivity index (χ4v) is 13.2. The molecule has 5 aliphatic rings. The summed E-state index contributed by atoms with van der Waals surface area (Å²) in [4.78, 5) is 56.0. The van der Waals surface area contributed by atoms with Crippen LogP contribution in [0.2, 0.25) is 0 Å². The number of hydrogen-bond donors (Lipinski definition) is 1. The van der Waals surface area contributed by atoms with Crippen molar-refractivity contribution in [2.75, 3.05) is 0 Å². The Bertz CT molecular complexity index is 1970. The van der Waals surface area contributed by atoms with E-state index < -0.39 is 34.5 Å². The van der Waals surface area contributed by atoms with Crippen LogP contribution in [-0.2, 0) is 41.6 Å². The van der Waals surface area contributed by atoms with Gasteiger partial charge in [-0.2, -0.15) is 0 Å². The number of ketones is 1. The fraction of sp³-hybridized carbons (Fsp3) is 0.647. The Morgan fingerprint density at radius 2 is 1.42 bits per heavy atom. The van der Waals surface area contributed by atoms with Gasteiger partial charge in [0.15, 0.2) is 5.78 Å². The molecule has 0 heterocycles. The lowest BCUT2D eigenvalue weighted by atomic mass is 9.33. The topological polar surface area (TPSA) is 108 Å². The molecule has 8 heteroatoms. The normalized spacial score (nSPS) is 36.6. The number of benzene rings is 2. The Hall–Kier alpha value is -3.94. The van der Waals surface area contributed by atoms with Gasteiger partial charge in [0, 0.05) is 17.8 Å². The van der Waals surface area contributed by atoms with E-state index in [2.05, 4.69) is 59.9 Å². The van der Waals surface area contributed by atoms with E-state index in [0.29, 0.717) is 12.8 Å². The maximum atomic E-state index is 15.1. The van der Waals surface area contributed by atoms with Crippen molar-refractivity contribution < 1.29 is 33.4 Å². The third kappa shape index (κ3) is 7.69. The number of fused-ring (bicyclic) bond motifs is 7. The smallest absolute Gasteiger partial charge is 0.408 e. The molecule has 8 nitrogen and oxygen atoms in total. The second-order valence-electron chi connectivity index (χ2n) is 22.0. The highest BCUT2D eigenvalue weighted by molar-refractivity contribution is 5.96. The van der Waals surface area contributed by atoms with Gasteiger partial charge in [-0.3, -0.25) is 9.59 Å². The molecule has 4 saturated carbocycles. The zero-order valence-electron chi connectivity index (χ0n) is 37.4. The van der Waals surface area contributed by atoms with E-state index in [1.54, 1.807) is 20.8 Å². The summed E-state index contributed by atoms with van der Waals surface area (Å²) >= 11 is 0. The minimum Gasteiger partial charge on any atom is -0.460 e. The van der Waals surface area contributed by atoms with Gasteiger partial charge in [-0.1, -0.05) is 108 Å². The third-order valence-electron chi connectivity index (χ3n) is 16.7. The van der Waals surface area contributed by atoms with Crippen LogP contribution in [0.25, 0.3) is 0 Å². The molecule has 0 bridgehead atoms. The van der Waals surface area contributed by atoms with Gasteiger partial charge in [0.25, 0.3) is 0 Å². The highest BCUT2D eigenvalue weighted by Crippen LogP contribution is 2.75. The molecule has 0 saturated heterocycles. The third-order valence-corrected chi connectivity index (χ3v) is 16.7. The number of amides is 1. The zero-order valence-corrected chi connectivity index (χ0v) is 37.4. The first-order valence-electron chi connectivity index (χ1n) is 22.3. The molecule has 10 atom stereocenters. The Morgan fingerprint density at radius 3 is 2.07 bits per heavy atom. The largest absolute Gasteiger partial charge is 0.460 e.